The molecule has 1 nitrogen and oxygen atoms in total. The lowest BCUT2D eigenvalue weighted by Crippen LogP contribution is -2.18. The summed E-state index contributed by atoms with van der Waals surface area (Å²) in [5.74, 6) is 0. The van der Waals surface area contributed by atoms with Crippen molar-refractivity contribution in [2.24, 2.45) is 0 Å². The van der Waals surface area contributed by atoms with Gasteiger partial charge < -0.3 is 0 Å². The first-order valence-electron chi connectivity index (χ1n) is 1.16. The van der Waals surface area contributed by atoms with Crippen molar-refractivity contribution in [2.45, 2.75) is 0 Å². The van der Waals surface area contributed by atoms with Gasteiger partial charge in [0, 0.05) is 0 Å². The molecule has 0 aromatic rings. The molecule has 0 aromatic carbocycles. The van der Waals surface area contributed by atoms with E-state index in [1.54, 1.807) is 0 Å². The predicted molar refractivity (Wildman–Crippen MR) is 17.4 cm³/mol. The minimum absolute atomic E-state index is 1.46. The molecule has 8 heavy (non-hydrogen) atoms. The molecule has 0 amide bonds. The second-order valence-electron chi connectivity index (χ2n) is 1.05. The van der Waals surface area contributed by atoms with E-state index in [1.165, 1.54) is 0 Å². The van der Waals surface area contributed by atoms with E-state index in [9.17, 15) is 23.9 Å². The van der Waals surface area contributed by atoms with Crippen LogP contribution >= 0.6 is 10.4 Å². The molecule has 0 spiro atoms. The molecule has 0 rings (SSSR count). The summed E-state index contributed by atoms with van der Waals surface area (Å²) in [5, 5.41) is 0. The lowest BCUT2D eigenvalue weighted by atomic mass is 13.8. The number of rotatable bonds is 1. The Morgan fingerprint density at radius 2 is 1.00 bits per heavy atom. The van der Waals surface area contributed by atoms with Gasteiger partial charge in [0.15, 0.2) is 0 Å². The zero-order valence-corrected chi connectivity index (χ0v) is 3.99. The number of halogens is 6. The Hall–Kier alpha value is -0.110. The maximum atomic E-state index is 10.5. The van der Waals surface area contributed by atoms with E-state index in [4.69, 9.17) is 0 Å². The molecule has 8 heteroatoms. The third-order valence-electron chi connectivity index (χ3n) is 0.146. The second-order valence-corrected chi connectivity index (χ2v) is 3.14. The highest BCUT2D eigenvalue weighted by Crippen LogP contribution is 2.94. The third-order valence-corrected chi connectivity index (χ3v) is 0.437. The van der Waals surface area contributed by atoms with Crippen molar-refractivity contribution in [2.75, 3.05) is 0 Å². The normalized spacial score (nSPS) is 21.8. The van der Waals surface area contributed by atoms with Crippen molar-refractivity contribution in [3.05, 3.63) is 0 Å². The maximum absolute atomic E-state index is 10.5. The Morgan fingerprint density at radius 1 is 0.875 bits per heavy atom. The van der Waals surface area contributed by atoms with Crippen molar-refractivity contribution in [1.82, 2.24) is 4.94 Å². The Kier molecular flexibility index (Phi) is 0.934. The summed E-state index contributed by atoms with van der Waals surface area (Å²) in [6.45, 7) is 0. The van der Waals surface area contributed by atoms with Gasteiger partial charge in [-0.1, -0.05) is 19.4 Å². The van der Waals surface area contributed by atoms with Gasteiger partial charge in [0.25, 0.3) is 0 Å². The van der Waals surface area contributed by atoms with Crippen LogP contribution in [0.15, 0.2) is 0 Å². The third kappa shape index (κ3) is 5.89. The van der Waals surface area contributed by atoms with E-state index >= 15 is 0 Å². The maximum Gasteiger partial charge on any atom is 0.367 e. The fraction of sp³-hybridized carbons (Fsp3) is 0. The van der Waals surface area contributed by atoms with Crippen LogP contribution in [0.1, 0.15) is 0 Å². The zero-order chi connectivity index (χ0) is 7.12. The lowest BCUT2D eigenvalue weighted by Gasteiger charge is -2.36. The molecule has 54 valence electrons. The monoisotopic (exact) mass is 161 g/mol. The molecule has 0 fully saturated rings. The smallest absolute Gasteiger partial charge is 0.118 e. The van der Waals surface area contributed by atoms with Gasteiger partial charge in [0.2, 0.25) is 0 Å². The molecule has 0 aromatic heterocycles. The van der Waals surface area contributed by atoms with Crippen molar-refractivity contribution in [1.29, 1.82) is 0 Å². The van der Waals surface area contributed by atoms with Gasteiger partial charge in [0.1, 0.15) is 0 Å². The zero-order valence-electron chi connectivity index (χ0n) is 3.18. The number of nitrogens with one attached hydrogen (secondary N) is 1. The van der Waals surface area contributed by atoms with Crippen LogP contribution in [0.3, 0.4) is 0 Å². The summed E-state index contributed by atoms with van der Waals surface area (Å²) < 4.78 is 62.5. The van der Waals surface area contributed by atoms with Crippen LogP contribution < -0.4 is 4.94 Å². The summed E-state index contributed by atoms with van der Waals surface area (Å²) in [7, 11) is -9.92. The average Bonchev–Trinajstić information content (AvgIpc) is 1.30. The minimum Gasteiger partial charge on any atom is -0.118 e. The first-order valence-corrected chi connectivity index (χ1v) is 3.12. The summed E-state index contributed by atoms with van der Waals surface area (Å²) in [6.07, 6.45) is 0. The van der Waals surface area contributed by atoms with Crippen molar-refractivity contribution >= 4 is 10.4 Å². The second kappa shape index (κ2) is 0.947. The van der Waals surface area contributed by atoms with Gasteiger partial charge in [-0.15, -0.1) is 4.48 Å². The molecule has 0 aliphatic carbocycles. The van der Waals surface area contributed by atoms with Crippen LogP contribution in [-0.4, -0.2) is 0 Å². The van der Waals surface area contributed by atoms with Crippen LogP contribution in [0.2, 0.25) is 0 Å². The quantitative estimate of drug-likeness (QED) is 0.460. The molecule has 0 aliphatic heterocycles. The van der Waals surface area contributed by atoms with Gasteiger partial charge in [-0.2, -0.15) is 0 Å². The Balaban J connectivity index is 4.50. The molecule has 0 unspecified atom stereocenters. The van der Waals surface area contributed by atoms with Gasteiger partial charge in [-0.05, 0) is 4.94 Å². The summed E-state index contributed by atoms with van der Waals surface area (Å²) in [6, 6.07) is 0. The molecule has 0 heterocycles. The lowest BCUT2D eigenvalue weighted by molar-refractivity contribution is 0.268. The Bertz CT molecular complexity index is 91.7. The van der Waals surface area contributed by atoms with Gasteiger partial charge in [0.05, 0.1) is 0 Å². The van der Waals surface area contributed by atoms with E-state index in [2.05, 4.69) is 0 Å². The van der Waals surface area contributed by atoms with E-state index in [0.29, 0.717) is 0 Å². The molecule has 0 radical (unpaired) electrons. The number of hydrogen-bond acceptors (Lipinski definition) is 1. The van der Waals surface area contributed by atoms with Crippen LogP contribution in [0, 0.1) is 0 Å². The summed E-state index contributed by atoms with van der Waals surface area (Å²) in [5.41, 5.74) is 0. The van der Waals surface area contributed by atoms with E-state index < -0.39 is 15.4 Å². The molecule has 0 saturated heterocycles. The standard InChI is InChI=1S/F6HNS/c1-7-8(2,3,4,5)6/h7H. The van der Waals surface area contributed by atoms with Crippen LogP contribution in [0.4, 0.5) is 23.9 Å². The SMILES string of the molecule is FNS(F)(F)(F)(F)F. The molecule has 0 bridgehead atoms. The first-order chi connectivity index (χ1) is 3.04. The molecule has 0 aliphatic rings. The van der Waals surface area contributed by atoms with Gasteiger partial charge in [-0.25, -0.2) is 0 Å². The Morgan fingerprint density at radius 3 is 1.00 bits per heavy atom. The summed E-state index contributed by atoms with van der Waals surface area (Å²) >= 11 is 0. The predicted octanol–water partition coefficient (Wildman–Crippen LogP) is 2.67. The van der Waals surface area contributed by atoms with Gasteiger partial charge >= 0.3 is 10.4 Å². The fourth-order valence-corrected chi connectivity index (χ4v) is 0. The Labute approximate surface area is 40.5 Å². The molecular weight excluding hydrogens is 160 g/mol. The molecule has 0 atom stereocenters. The highest BCUT2D eigenvalue weighted by Gasteiger charge is 2.64. The molecule has 1 N–H and O–H groups in total. The average molecular weight is 161 g/mol. The highest BCUT2D eigenvalue weighted by molar-refractivity contribution is 8.44. The number of hydrogen-bond donors (Lipinski definition) is 1. The van der Waals surface area contributed by atoms with E-state index in [1.807, 2.05) is 0 Å². The van der Waals surface area contributed by atoms with E-state index in [-0.39, 0.29) is 0 Å². The summed E-state index contributed by atoms with van der Waals surface area (Å²) in [4.78, 5) is -1.46. The largest absolute Gasteiger partial charge is 0.367 e. The van der Waals surface area contributed by atoms with Crippen molar-refractivity contribution in [3.63, 3.8) is 0 Å². The van der Waals surface area contributed by atoms with Crippen LogP contribution in [-0.2, 0) is 0 Å². The molecular formula is HF6NS. The van der Waals surface area contributed by atoms with Crippen molar-refractivity contribution < 1.29 is 23.9 Å². The van der Waals surface area contributed by atoms with Crippen molar-refractivity contribution in [3.8, 4) is 0 Å². The fourth-order valence-electron chi connectivity index (χ4n) is 0. The van der Waals surface area contributed by atoms with Gasteiger partial charge in [-0.3, -0.25) is 0 Å². The van der Waals surface area contributed by atoms with Crippen LogP contribution in [0.25, 0.3) is 0 Å². The molecule has 0 saturated carbocycles. The van der Waals surface area contributed by atoms with E-state index in [0.717, 1.165) is 0 Å². The highest BCUT2D eigenvalue weighted by atomic mass is 32.5. The first kappa shape index (κ1) is 7.89. The topological polar surface area (TPSA) is 12.0 Å². The minimum atomic E-state index is -9.92. The van der Waals surface area contributed by atoms with Crippen LogP contribution in [0.5, 0.6) is 0 Å².